The van der Waals surface area contributed by atoms with Crippen molar-refractivity contribution in [1.82, 2.24) is 10.3 Å². The minimum atomic E-state index is -0.602. The molecule has 1 aliphatic rings. The number of rotatable bonds is 8. The number of nitrogens with zero attached hydrogens (tertiary/aromatic N) is 2. The van der Waals surface area contributed by atoms with E-state index in [0.29, 0.717) is 12.2 Å². The lowest BCUT2D eigenvalue weighted by molar-refractivity contribution is -0.180. The molecule has 0 aliphatic carbocycles. The van der Waals surface area contributed by atoms with Gasteiger partial charge in [-0.25, -0.2) is 0 Å². The second-order valence-electron chi connectivity index (χ2n) is 7.20. The van der Waals surface area contributed by atoms with Crippen LogP contribution < -0.4 is 10.1 Å². The lowest BCUT2D eigenvalue weighted by Crippen LogP contribution is -2.36. The molecule has 26 heavy (non-hydrogen) atoms. The smallest absolute Gasteiger partial charge is 0.205 e. The van der Waals surface area contributed by atoms with Crippen LogP contribution in [0, 0.1) is 18.3 Å². The summed E-state index contributed by atoms with van der Waals surface area (Å²) in [4.78, 5) is 4.48. The van der Waals surface area contributed by atoms with Crippen molar-refractivity contribution in [3.05, 3.63) is 46.8 Å². The molecule has 1 aromatic heterocycles. The third kappa shape index (κ3) is 5.69. The number of hydrogen-bond donors (Lipinski definition) is 1. The number of aromatic nitrogens is 1. The summed E-state index contributed by atoms with van der Waals surface area (Å²) in [5.41, 5.74) is 5.09. The van der Waals surface area contributed by atoms with Gasteiger partial charge in [0.05, 0.1) is 18.4 Å². The van der Waals surface area contributed by atoms with Crippen LogP contribution in [0.5, 0.6) is 5.75 Å². The molecule has 5 nitrogen and oxygen atoms in total. The highest BCUT2D eigenvalue weighted by Gasteiger charge is 2.30. The Morgan fingerprint density at radius 2 is 2.27 bits per heavy atom. The van der Waals surface area contributed by atoms with Crippen molar-refractivity contribution in [2.75, 3.05) is 13.1 Å². The van der Waals surface area contributed by atoms with Crippen LogP contribution >= 0.6 is 0 Å². The van der Waals surface area contributed by atoms with E-state index in [1.807, 2.05) is 27.0 Å². The Morgan fingerprint density at radius 1 is 1.50 bits per heavy atom. The summed E-state index contributed by atoms with van der Waals surface area (Å²) in [6, 6.07) is 2.08. The summed E-state index contributed by atoms with van der Waals surface area (Å²) in [6.07, 6.45) is 6.55. The first kappa shape index (κ1) is 20.2. The van der Waals surface area contributed by atoms with Crippen molar-refractivity contribution in [2.24, 2.45) is 0 Å². The van der Waals surface area contributed by atoms with Crippen LogP contribution in [0.15, 0.2) is 30.0 Å². The van der Waals surface area contributed by atoms with Crippen LogP contribution in [-0.4, -0.2) is 23.9 Å². The maximum absolute atomic E-state index is 8.71. The van der Waals surface area contributed by atoms with Gasteiger partial charge in [-0.3, -0.25) is 4.98 Å². The summed E-state index contributed by atoms with van der Waals surface area (Å²) in [5, 5.41) is 12.2. The first-order valence-electron chi connectivity index (χ1n) is 9.07. The molecule has 2 rings (SSSR count). The van der Waals surface area contributed by atoms with Crippen LogP contribution in [0.1, 0.15) is 50.4 Å². The monoisotopic (exact) mass is 355 g/mol. The van der Waals surface area contributed by atoms with E-state index >= 15 is 0 Å². The Labute approximate surface area is 156 Å². The van der Waals surface area contributed by atoms with Gasteiger partial charge >= 0.3 is 0 Å². The lowest BCUT2D eigenvalue weighted by Gasteiger charge is -2.34. The summed E-state index contributed by atoms with van der Waals surface area (Å²) in [5.74, 6) is 0.266. The minimum absolute atomic E-state index is 0.558. The third-order valence-electron chi connectivity index (χ3n) is 4.39. The topological polar surface area (TPSA) is 67.2 Å². The Kier molecular flexibility index (Phi) is 6.96. The lowest BCUT2D eigenvalue weighted by atomic mass is 10.0. The van der Waals surface area contributed by atoms with Crippen molar-refractivity contribution in [1.29, 1.82) is 5.26 Å². The highest BCUT2D eigenvalue weighted by molar-refractivity contribution is 5.43. The van der Waals surface area contributed by atoms with Crippen molar-refractivity contribution in [3.63, 3.8) is 0 Å². The van der Waals surface area contributed by atoms with Crippen molar-refractivity contribution in [2.45, 2.75) is 59.4 Å². The minimum Gasteiger partial charge on any atom is -0.461 e. The zero-order chi connectivity index (χ0) is 19.2. The largest absolute Gasteiger partial charge is 0.461 e. The maximum atomic E-state index is 8.71. The number of nitriles is 1. The zero-order valence-corrected chi connectivity index (χ0v) is 16.3. The quantitative estimate of drug-likeness (QED) is 0.434. The third-order valence-corrected chi connectivity index (χ3v) is 4.39. The van der Waals surface area contributed by atoms with Crippen LogP contribution in [0.25, 0.3) is 0 Å². The van der Waals surface area contributed by atoms with Crippen LogP contribution in [-0.2, 0) is 17.8 Å². The molecule has 2 heterocycles. The van der Waals surface area contributed by atoms with E-state index in [4.69, 9.17) is 14.7 Å². The number of aryl methyl sites for hydroxylation is 1. The number of nitrogens with one attached hydrogen (secondary N) is 1. The fourth-order valence-electron chi connectivity index (χ4n) is 2.84. The molecule has 0 aromatic carbocycles. The number of ether oxygens (including phenoxy) is 2. The highest BCUT2D eigenvalue weighted by Crippen LogP contribution is 2.35. The van der Waals surface area contributed by atoms with Gasteiger partial charge in [0.1, 0.15) is 5.75 Å². The van der Waals surface area contributed by atoms with E-state index in [9.17, 15) is 0 Å². The van der Waals surface area contributed by atoms with Gasteiger partial charge in [0.25, 0.3) is 0 Å². The summed E-state index contributed by atoms with van der Waals surface area (Å²) >= 11 is 0. The average Bonchev–Trinajstić information content (AvgIpc) is 2.59. The fourth-order valence-corrected chi connectivity index (χ4v) is 2.84. The predicted molar refractivity (Wildman–Crippen MR) is 103 cm³/mol. The van der Waals surface area contributed by atoms with E-state index in [1.54, 1.807) is 0 Å². The number of hydrogen-bond acceptors (Lipinski definition) is 5. The number of fused-ring (bicyclic) bond motifs is 1. The van der Waals surface area contributed by atoms with Gasteiger partial charge in [0.15, 0.2) is 0 Å². The summed E-state index contributed by atoms with van der Waals surface area (Å²) < 4.78 is 11.8. The second kappa shape index (κ2) is 8.98. The Balaban J connectivity index is 1.85. The molecule has 5 heteroatoms. The van der Waals surface area contributed by atoms with Crippen LogP contribution in [0.4, 0.5) is 0 Å². The summed E-state index contributed by atoms with van der Waals surface area (Å²) in [7, 11) is 0. The molecule has 140 valence electrons. The molecule has 1 aromatic rings. The normalized spacial score (nSPS) is 15.7. The molecular weight excluding hydrogens is 326 g/mol. The molecular formula is C21H29N3O2. The first-order chi connectivity index (χ1) is 12.3. The average molecular weight is 355 g/mol. The molecule has 0 radical (unpaired) electrons. The number of allylic oxidation sites excluding steroid dienone is 2. The fraction of sp³-hybridized carbons (Fsp3) is 0.524. The van der Waals surface area contributed by atoms with E-state index in [0.717, 1.165) is 49.4 Å². The molecule has 1 N–H and O–H groups in total. The Morgan fingerprint density at radius 3 is 3.00 bits per heavy atom. The molecule has 0 atom stereocenters. The van der Waals surface area contributed by atoms with Crippen molar-refractivity contribution in [3.8, 4) is 11.8 Å². The second-order valence-corrected chi connectivity index (χ2v) is 7.20. The maximum Gasteiger partial charge on any atom is 0.205 e. The molecule has 1 aliphatic heterocycles. The molecule has 0 fully saturated rings. The molecule has 0 saturated heterocycles. The molecule has 0 unspecified atom stereocenters. The van der Waals surface area contributed by atoms with E-state index in [1.165, 1.54) is 11.1 Å². The SMILES string of the molecule is C=C(C#N)CC/C=C(\C)CNCCc1cnc(C)c2c1COC(C)(C)O2. The summed E-state index contributed by atoms with van der Waals surface area (Å²) in [6.45, 7) is 13.9. The zero-order valence-electron chi connectivity index (χ0n) is 16.3. The van der Waals surface area contributed by atoms with Gasteiger partial charge in [-0.15, -0.1) is 0 Å². The number of pyridine rings is 1. The highest BCUT2D eigenvalue weighted by atomic mass is 16.7. The van der Waals surface area contributed by atoms with Crippen LogP contribution in [0.3, 0.4) is 0 Å². The molecule has 0 spiro atoms. The van der Waals surface area contributed by atoms with Gasteiger partial charge in [-0.05, 0) is 45.2 Å². The Bertz CT molecular complexity index is 730. The van der Waals surface area contributed by atoms with Gasteiger partial charge in [0.2, 0.25) is 5.79 Å². The molecule has 0 bridgehead atoms. The van der Waals surface area contributed by atoms with E-state index < -0.39 is 5.79 Å². The standard InChI is InChI=1S/C21H29N3O2/c1-15(11-22)7-6-8-16(2)12-23-10-9-18-13-24-17(3)20-19(18)14-25-21(4,5)26-20/h8,13,23H,1,6-7,9-10,12,14H2,2-5H3/b16-8+. The van der Waals surface area contributed by atoms with E-state index in [-0.39, 0.29) is 0 Å². The van der Waals surface area contributed by atoms with Gasteiger partial charge in [-0.2, -0.15) is 5.26 Å². The van der Waals surface area contributed by atoms with Gasteiger partial charge < -0.3 is 14.8 Å². The Hall–Kier alpha value is -2.16. The van der Waals surface area contributed by atoms with Crippen LogP contribution in [0.2, 0.25) is 0 Å². The van der Waals surface area contributed by atoms with E-state index in [2.05, 4.69) is 35.9 Å². The predicted octanol–water partition coefficient (Wildman–Crippen LogP) is 3.97. The molecule has 0 amide bonds. The molecule has 0 saturated carbocycles. The van der Waals surface area contributed by atoms with Gasteiger partial charge in [0, 0.05) is 37.7 Å². The first-order valence-corrected chi connectivity index (χ1v) is 9.07. The van der Waals surface area contributed by atoms with Gasteiger partial charge in [-0.1, -0.05) is 18.2 Å². The van der Waals surface area contributed by atoms with Crippen molar-refractivity contribution < 1.29 is 9.47 Å². The van der Waals surface area contributed by atoms with Crippen molar-refractivity contribution >= 4 is 0 Å².